The quantitative estimate of drug-likeness (QED) is 0.898. The summed E-state index contributed by atoms with van der Waals surface area (Å²) in [4.78, 5) is 12.8. The first-order valence-corrected chi connectivity index (χ1v) is 7.64. The third-order valence-corrected chi connectivity index (χ3v) is 5.43. The molecular formula is C18H28N2O. The molecule has 0 bridgehead atoms. The molecule has 1 fully saturated rings. The van der Waals surface area contributed by atoms with Crippen LogP contribution in [0.3, 0.4) is 0 Å². The third-order valence-electron chi connectivity index (χ3n) is 5.43. The highest BCUT2D eigenvalue weighted by atomic mass is 16.2. The molecule has 0 aromatic heterocycles. The van der Waals surface area contributed by atoms with Gasteiger partial charge < -0.3 is 11.1 Å². The minimum atomic E-state index is -0.549. The van der Waals surface area contributed by atoms with Gasteiger partial charge in [0.2, 0.25) is 5.91 Å². The number of amides is 1. The van der Waals surface area contributed by atoms with Crippen molar-refractivity contribution in [2.75, 3.05) is 0 Å². The summed E-state index contributed by atoms with van der Waals surface area (Å²) < 4.78 is 0. The zero-order valence-corrected chi connectivity index (χ0v) is 14.0. The molecule has 3 nitrogen and oxygen atoms in total. The van der Waals surface area contributed by atoms with Crippen LogP contribution in [0.5, 0.6) is 0 Å². The van der Waals surface area contributed by atoms with Crippen molar-refractivity contribution < 1.29 is 4.79 Å². The Morgan fingerprint density at radius 3 is 2.05 bits per heavy atom. The number of nitrogens with one attached hydrogen (secondary N) is 1. The van der Waals surface area contributed by atoms with E-state index in [0.29, 0.717) is 0 Å². The Morgan fingerprint density at radius 2 is 1.57 bits per heavy atom. The number of nitrogens with two attached hydrogens (primary N) is 1. The molecular weight excluding hydrogens is 260 g/mol. The lowest BCUT2D eigenvalue weighted by atomic mass is 9.48. The van der Waals surface area contributed by atoms with Gasteiger partial charge in [-0.1, -0.05) is 58.0 Å². The molecule has 116 valence electrons. The van der Waals surface area contributed by atoms with Crippen molar-refractivity contribution >= 4 is 5.91 Å². The van der Waals surface area contributed by atoms with Gasteiger partial charge in [-0.2, -0.15) is 0 Å². The molecule has 21 heavy (non-hydrogen) atoms. The largest absolute Gasteiger partial charge is 0.351 e. The molecule has 1 aliphatic carbocycles. The van der Waals surface area contributed by atoms with Crippen LogP contribution in [0.15, 0.2) is 30.3 Å². The van der Waals surface area contributed by atoms with Crippen molar-refractivity contribution in [3.05, 3.63) is 35.9 Å². The molecule has 0 atom stereocenters. The first kappa shape index (κ1) is 16.0. The number of hydrogen-bond donors (Lipinski definition) is 2. The first-order chi connectivity index (χ1) is 9.52. The van der Waals surface area contributed by atoms with E-state index in [1.54, 1.807) is 0 Å². The second-order valence-electron chi connectivity index (χ2n) is 8.02. The van der Waals surface area contributed by atoms with Gasteiger partial charge >= 0.3 is 0 Å². The number of carbonyl (C=O) groups excluding carboxylic acids is 1. The number of rotatable bonds is 3. The summed E-state index contributed by atoms with van der Waals surface area (Å²) in [5.41, 5.74) is 6.59. The second kappa shape index (κ2) is 4.84. The van der Waals surface area contributed by atoms with Crippen LogP contribution in [-0.4, -0.2) is 18.0 Å². The van der Waals surface area contributed by atoms with Gasteiger partial charge in [0.25, 0.3) is 0 Å². The fourth-order valence-corrected chi connectivity index (χ4v) is 3.85. The SMILES string of the molecule is CC(C)(C(=O)NC1C(C)(C)C(N)C1(C)C)c1ccccc1. The maximum Gasteiger partial charge on any atom is 0.230 e. The van der Waals surface area contributed by atoms with E-state index in [9.17, 15) is 4.79 Å². The van der Waals surface area contributed by atoms with Gasteiger partial charge in [0.1, 0.15) is 0 Å². The number of hydrogen-bond acceptors (Lipinski definition) is 2. The molecule has 3 heteroatoms. The van der Waals surface area contributed by atoms with E-state index in [1.807, 2.05) is 44.2 Å². The molecule has 1 saturated carbocycles. The van der Waals surface area contributed by atoms with Gasteiger partial charge in [-0.15, -0.1) is 0 Å². The van der Waals surface area contributed by atoms with E-state index in [4.69, 9.17) is 5.73 Å². The number of benzene rings is 1. The Hall–Kier alpha value is -1.35. The predicted octanol–water partition coefficient (Wildman–Crippen LogP) is 2.84. The van der Waals surface area contributed by atoms with E-state index in [-0.39, 0.29) is 28.8 Å². The highest BCUT2D eigenvalue weighted by Crippen LogP contribution is 2.52. The molecule has 0 spiro atoms. The second-order valence-corrected chi connectivity index (χ2v) is 8.02. The molecule has 0 aliphatic heterocycles. The summed E-state index contributed by atoms with van der Waals surface area (Å²) in [5, 5.41) is 3.25. The molecule has 1 aliphatic rings. The van der Waals surface area contributed by atoms with Crippen LogP contribution < -0.4 is 11.1 Å². The molecule has 0 unspecified atom stereocenters. The highest BCUT2D eigenvalue weighted by molar-refractivity contribution is 5.87. The Kier molecular flexibility index (Phi) is 3.69. The maximum atomic E-state index is 12.8. The fraction of sp³-hybridized carbons (Fsp3) is 0.611. The minimum absolute atomic E-state index is 0.0618. The van der Waals surface area contributed by atoms with Crippen LogP contribution in [0.1, 0.15) is 47.1 Å². The summed E-state index contributed by atoms with van der Waals surface area (Å²) in [5.74, 6) is 0.0618. The average molecular weight is 288 g/mol. The normalized spacial score (nSPS) is 26.8. The molecule has 2 rings (SSSR count). The highest BCUT2D eigenvalue weighted by Gasteiger charge is 2.60. The van der Waals surface area contributed by atoms with E-state index in [1.165, 1.54) is 0 Å². The Morgan fingerprint density at radius 1 is 1.10 bits per heavy atom. The summed E-state index contributed by atoms with van der Waals surface area (Å²) in [6.07, 6.45) is 0. The Balaban J connectivity index is 2.19. The van der Waals surface area contributed by atoms with Crippen molar-refractivity contribution in [1.82, 2.24) is 5.32 Å². The van der Waals surface area contributed by atoms with E-state index in [0.717, 1.165) is 5.56 Å². The van der Waals surface area contributed by atoms with Crippen molar-refractivity contribution in [2.45, 2.75) is 59.0 Å². The van der Waals surface area contributed by atoms with Crippen LogP contribution in [0.2, 0.25) is 0 Å². The summed E-state index contributed by atoms with van der Waals surface area (Å²) in [6, 6.07) is 10.1. The lowest BCUT2D eigenvalue weighted by Gasteiger charge is -2.63. The first-order valence-electron chi connectivity index (χ1n) is 7.64. The fourth-order valence-electron chi connectivity index (χ4n) is 3.85. The van der Waals surface area contributed by atoms with Crippen molar-refractivity contribution in [3.8, 4) is 0 Å². The van der Waals surface area contributed by atoms with Crippen LogP contribution in [-0.2, 0) is 10.2 Å². The third kappa shape index (κ3) is 2.38. The van der Waals surface area contributed by atoms with Crippen LogP contribution in [0.4, 0.5) is 0 Å². The van der Waals surface area contributed by atoms with Gasteiger partial charge in [0.05, 0.1) is 5.41 Å². The molecule has 1 aromatic carbocycles. The predicted molar refractivity (Wildman–Crippen MR) is 86.9 cm³/mol. The molecule has 1 amide bonds. The average Bonchev–Trinajstić information content (AvgIpc) is 2.44. The summed E-state index contributed by atoms with van der Waals surface area (Å²) >= 11 is 0. The molecule has 1 aromatic rings. The van der Waals surface area contributed by atoms with Gasteiger partial charge in [-0.05, 0) is 19.4 Å². The van der Waals surface area contributed by atoms with Crippen LogP contribution in [0.25, 0.3) is 0 Å². The van der Waals surface area contributed by atoms with E-state index < -0.39 is 5.41 Å². The van der Waals surface area contributed by atoms with Gasteiger partial charge in [-0.25, -0.2) is 0 Å². The van der Waals surface area contributed by atoms with Crippen LogP contribution in [0, 0.1) is 10.8 Å². The van der Waals surface area contributed by atoms with Gasteiger partial charge in [0, 0.05) is 22.9 Å². The Labute approximate surface area is 128 Å². The Bertz CT molecular complexity index is 515. The molecule has 0 radical (unpaired) electrons. The summed E-state index contributed by atoms with van der Waals surface area (Å²) in [6.45, 7) is 12.5. The molecule has 0 saturated heterocycles. The monoisotopic (exact) mass is 288 g/mol. The lowest BCUT2D eigenvalue weighted by Crippen LogP contribution is -2.76. The number of carbonyl (C=O) groups is 1. The topological polar surface area (TPSA) is 55.1 Å². The summed E-state index contributed by atoms with van der Waals surface area (Å²) in [7, 11) is 0. The standard InChI is InChI=1S/C18H28N2O/c1-16(2,12-10-8-7-9-11-12)15(21)20-14-17(3,4)13(19)18(14,5)6/h7-11,13-14H,19H2,1-6H3,(H,20,21). The van der Waals surface area contributed by atoms with Gasteiger partial charge in [-0.3, -0.25) is 4.79 Å². The zero-order chi connectivity index (χ0) is 16.1. The lowest BCUT2D eigenvalue weighted by molar-refractivity contribution is -0.136. The maximum absolute atomic E-state index is 12.8. The molecule has 0 heterocycles. The van der Waals surface area contributed by atoms with E-state index in [2.05, 4.69) is 33.0 Å². The van der Waals surface area contributed by atoms with Crippen molar-refractivity contribution in [1.29, 1.82) is 0 Å². The smallest absolute Gasteiger partial charge is 0.230 e. The zero-order valence-electron chi connectivity index (χ0n) is 14.0. The minimum Gasteiger partial charge on any atom is -0.351 e. The van der Waals surface area contributed by atoms with Crippen LogP contribution >= 0.6 is 0 Å². The van der Waals surface area contributed by atoms with Crippen molar-refractivity contribution in [3.63, 3.8) is 0 Å². The van der Waals surface area contributed by atoms with Crippen molar-refractivity contribution in [2.24, 2.45) is 16.6 Å². The molecule has 3 N–H and O–H groups in total. The van der Waals surface area contributed by atoms with Gasteiger partial charge in [0.15, 0.2) is 0 Å². The van der Waals surface area contributed by atoms with E-state index >= 15 is 0 Å².